The van der Waals surface area contributed by atoms with E-state index in [0.717, 1.165) is 6.42 Å². The summed E-state index contributed by atoms with van der Waals surface area (Å²) in [7, 11) is 0. The molecule has 0 bridgehead atoms. The predicted molar refractivity (Wildman–Crippen MR) is 92.5 cm³/mol. The molecule has 21 heavy (non-hydrogen) atoms. The molecule has 0 saturated heterocycles. The summed E-state index contributed by atoms with van der Waals surface area (Å²) in [6.45, 7) is 10.5. The third-order valence-electron chi connectivity index (χ3n) is 3.68. The van der Waals surface area contributed by atoms with E-state index in [9.17, 15) is 4.79 Å². The normalized spacial score (nSPS) is 13.5. The molecule has 0 heterocycles. The fraction of sp³-hybridized carbons (Fsp3) is 0.450. The van der Waals surface area contributed by atoms with Crippen molar-refractivity contribution in [3.05, 3.63) is 53.6 Å². The first-order valence-corrected chi connectivity index (χ1v) is 7.86. The van der Waals surface area contributed by atoms with E-state index in [-0.39, 0.29) is 5.41 Å². The Morgan fingerprint density at radius 1 is 1.05 bits per heavy atom. The number of allylic oxidation sites excluding steroid dienone is 4. The lowest BCUT2D eigenvalue weighted by atomic mass is 9.86. The summed E-state index contributed by atoms with van der Waals surface area (Å²) in [5, 5.41) is 0. The average molecular weight is 284 g/mol. The van der Waals surface area contributed by atoms with Gasteiger partial charge in [0, 0.05) is 12.8 Å². The maximum absolute atomic E-state index is 10.2. The van der Waals surface area contributed by atoms with Gasteiger partial charge in [-0.15, -0.1) is 0 Å². The van der Waals surface area contributed by atoms with Crippen molar-refractivity contribution in [1.82, 2.24) is 0 Å². The van der Waals surface area contributed by atoms with Gasteiger partial charge in [0.1, 0.15) is 5.78 Å². The Balaban J connectivity index is 0.000000315. The SMILES string of the molecule is CC(C)(C)c1ccc(C2=CC=CC2)cc1.CCC(=O)CC. The van der Waals surface area contributed by atoms with Crippen LogP contribution in [0.2, 0.25) is 0 Å². The van der Waals surface area contributed by atoms with Crippen molar-refractivity contribution < 1.29 is 4.79 Å². The molecule has 1 aromatic rings. The van der Waals surface area contributed by atoms with Gasteiger partial charge in [-0.05, 0) is 28.5 Å². The highest BCUT2D eigenvalue weighted by molar-refractivity contribution is 5.77. The van der Waals surface area contributed by atoms with Crippen LogP contribution in [0.5, 0.6) is 0 Å². The minimum Gasteiger partial charge on any atom is -0.300 e. The van der Waals surface area contributed by atoms with Gasteiger partial charge in [-0.25, -0.2) is 0 Å². The number of rotatable bonds is 3. The largest absolute Gasteiger partial charge is 0.300 e. The topological polar surface area (TPSA) is 17.1 Å². The minimum absolute atomic E-state index is 0.251. The van der Waals surface area contributed by atoms with E-state index >= 15 is 0 Å². The van der Waals surface area contributed by atoms with Gasteiger partial charge < -0.3 is 0 Å². The summed E-state index contributed by atoms with van der Waals surface area (Å²) in [6.07, 6.45) is 8.99. The van der Waals surface area contributed by atoms with Crippen LogP contribution in [-0.4, -0.2) is 5.78 Å². The number of hydrogen-bond donors (Lipinski definition) is 0. The molecule has 0 unspecified atom stereocenters. The first-order chi connectivity index (χ1) is 9.88. The van der Waals surface area contributed by atoms with Crippen LogP contribution in [0.1, 0.15) is 65.0 Å². The lowest BCUT2D eigenvalue weighted by Crippen LogP contribution is -2.10. The summed E-state index contributed by atoms with van der Waals surface area (Å²) in [6, 6.07) is 8.96. The lowest BCUT2D eigenvalue weighted by Gasteiger charge is -2.19. The molecule has 1 aliphatic rings. The van der Waals surface area contributed by atoms with Crippen LogP contribution >= 0.6 is 0 Å². The molecule has 0 saturated carbocycles. The molecule has 1 nitrogen and oxygen atoms in total. The highest BCUT2D eigenvalue weighted by atomic mass is 16.1. The summed E-state index contributed by atoms with van der Waals surface area (Å²) in [5.74, 6) is 0.343. The number of carbonyl (C=O) groups is 1. The summed E-state index contributed by atoms with van der Waals surface area (Å²) >= 11 is 0. The van der Waals surface area contributed by atoms with Crippen molar-refractivity contribution >= 4 is 11.4 Å². The minimum atomic E-state index is 0.251. The lowest BCUT2D eigenvalue weighted by molar-refractivity contribution is -0.118. The van der Waals surface area contributed by atoms with E-state index in [1.165, 1.54) is 16.7 Å². The number of carbonyl (C=O) groups excluding carboxylic acids is 1. The van der Waals surface area contributed by atoms with Gasteiger partial charge in [-0.1, -0.05) is 77.1 Å². The van der Waals surface area contributed by atoms with E-state index in [2.05, 4.69) is 63.3 Å². The molecule has 0 radical (unpaired) electrons. The number of Topliss-reactive ketones (excluding diaryl/α,β-unsaturated/α-hetero) is 1. The fourth-order valence-electron chi connectivity index (χ4n) is 2.10. The van der Waals surface area contributed by atoms with E-state index in [1.54, 1.807) is 0 Å². The standard InChI is InChI=1S/C15H18.C5H10O/c1-15(2,3)14-10-8-13(9-11-14)12-6-4-5-7-12;1-3-5(6)4-2/h4-6,8-11H,7H2,1-3H3;3-4H2,1-2H3. The molecule has 0 atom stereocenters. The van der Waals surface area contributed by atoms with Crippen molar-refractivity contribution in [2.45, 2.75) is 59.3 Å². The zero-order chi connectivity index (χ0) is 15.9. The van der Waals surface area contributed by atoms with Gasteiger partial charge in [-0.2, -0.15) is 0 Å². The Kier molecular flexibility index (Phi) is 6.61. The molecule has 0 fully saturated rings. The third kappa shape index (κ3) is 5.71. The quantitative estimate of drug-likeness (QED) is 0.695. The predicted octanol–water partition coefficient (Wildman–Crippen LogP) is 5.70. The Labute approximate surface area is 129 Å². The highest BCUT2D eigenvalue weighted by Crippen LogP contribution is 2.27. The number of ketones is 1. The third-order valence-corrected chi connectivity index (χ3v) is 3.68. The summed E-state index contributed by atoms with van der Waals surface area (Å²) < 4.78 is 0. The first kappa shape index (κ1) is 17.4. The summed E-state index contributed by atoms with van der Waals surface area (Å²) in [4.78, 5) is 10.2. The van der Waals surface area contributed by atoms with Gasteiger partial charge in [0.25, 0.3) is 0 Å². The van der Waals surface area contributed by atoms with E-state index < -0.39 is 0 Å². The second-order valence-electron chi connectivity index (χ2n) is 6.40. The van der Waals surface area contributed by atoms with Gasteiger partial charge in [0.05, 0.1) is 0 Å². The van der Waals surface area contributed by atoms with Gasteiger partial charge >= 0.3 is 0 Å². The molecule has 0 N–H and O–H groups in total. The molecule has 114 valence electrons. The zero-order valence-corrected chi connectivity index (χ0v) is 14.1. The highest BCUT2D eigenvalue weighted by Gasteiger charge is 2.13. The van der Waals surface area contributed by atoms with Crippen molar-refractivity contribution in [2.75, 3.05) is 0 Å². The Morgan fingerprint density at radius 3 is 1.95 bits per heavy atom. The molecule has 2 rings (SSSR count). The van der Waals surface area contributed by atoms with Crippen LogP contribution < -0.4 is 0 Å². The monoisotopic (exact) mass is 284 g/mol. The van der Waals surface area contributed by atoms with E-state index in [0.29, 0.717) is 18.6 Å². The van der Waals surface area contributed by atoms with E-state index in [1.807, 2.05) is 13.8 Å². The van der Waals surface area contributed by atoms with Crippen LogP contribution in [-0.2, 0) is 10.2 Å². The molecule has 0 spiro atoms. The molecule has 1 aliphatic carbocycles. The zero-order valence-electron chi connectivity index (χ0n) is 14.1. The van der Waals surface area contributed by atoms with Crippen LogP contribution in [0.25, 0.3) is 5.57 Å². The van der Waals surface area contributed by atoms with Crippen LogP contribution in [0.3, 0.4) is 0 Å². The molecular formula is C20H28O. The van der Waals surface area contributed by atoms with Gasteiger partial charge in [-0.3, -0.25) is 4.79 Å². The smallest absolute Gasteiger partial charge is 0.132 e. The van der Waals surface area contributed by atoms with Crippen molar-refractivity contribution in [1.29, 1.82) is 0 Å². The van der Waals surface area contributed by atoms with Crippen LogP contribution in [0.15, 0.2) is 42.5 Å². The van der Waals surface area contributed by atoms with Crippen molar-refractivity contribution in [3.8, 4) is 0 Å². The number of hydrogen-bond acceptors (Lipinski definition) is 1. The van der Waals surface area contributed by atoms with E-state index in [4.69, 9.17) is 0 Å². The maximum Gasteiger partial charge on any atom is 0.132 e. The maximum atomic E-state index is 10.2. The molecule has 0 aromatic heterocycles. The average Bonchev–Trinajstić information content (AvgIpc) is 3.00. The second kappa shape index (κ2) is 7.97. The van der Waals surface area contributed by atoms with Crippen molar-refractivity contribution in [2.24, 2.45) is 0 Å². The molecule has 0 aliphatic heterocycles. The Bertz CT molecular complexity index is 504. The first-order valence-electron chi connectivity index (χ1n) is 7.86. The van der Waals surface area contributed by atoms with Gasteiger partial charge in [0.15, 0.2) is 0 Å². The Hall–Kier alpha value is -1.63. The molecule has 0 amide bonds. The summed E-state index contributed by atoms with van der Waals surface area (Å²) in [5.41, 5.74) is 4.43. The van der Waals surface area contributed by atoms with Crippen LogP contribution in [0, 0.1) is 0 Å². The fourth-order valence-corrected chi connectivity index (χ4v) is 2.10. The molecule has 1 heteroatoms. The Morgan fingerprint density at radius 2 is 1.62 bits per heavy atom. The number of benzene rings is 1. The van der Waals surface area contributed by atoms with Crippen molar-refractivity contribution in [3.63, 3.8) is 0 Å². The molecule has 1 aromatic carbocycles. The molecular weight excluding hydrogens is 256 g/mol. The van der Waals surface area contributed by atoms with Gasteiger partial charge in [0.2, 0.25) is 0 Å². The van der Waals surface area contributed by atoms with Crippen LogP contribution in [0.4, 0.5) is 0 Å². The second-order valence-corrected chi connectivity index (χ2v) is 6.40.